The van der Waals surface area contributed by atoms with E-state index in [0.717, 1.165) is 0 Å². The largest absolute Gasteiger partial charge is 0.459 e. The summed E-state index contributed by atoms with van der Waals surface area (Å²) >= 11 is 0. The van der Waals surface area contributed by atoms with Crippen molar-refractivity contribution in [3.63, 3.8) is 0 Å². The van der Waals surface area contributed by atoms with Crippen LogP contribution in [0.4, 0.5) is 0 Å². The summed E-state index contributed by atoms with van der Waals surface area (Å²) < 4.78 is 4.41. The molecule has 3 N–H and O–H groups in total. The molecule has 0 heterocycles. The van der Waals surface area contributed by atoms with E-state index in [0.29, 0.717) is 6.54 Å². The summed E-state index contributed by atoms with van der Waals surface area (Å²) in [5, 5.41) is 2.28. The molecular formula is C6H12N2O3. The number of hydrogen-bond acceptors (Lipinski definition) is 4. The first-order chi connectivity index (χ1) is 5.22. The van der Waals surface area contributed by atoms with Crippen molar-refractivity contribution in [3.8, 4) is 0 Å². The highest BCUT2D eigenvalue weighted by Gasteiger charge is 2.12. The number of nitrogens with two attached hydrogens (primary N) is 1. The Labute approximate surface area is 64.9 Å². The highest BCUT2D eigenvalue weighted by atomic mass is 16.5. The van der Waals surface area contributed by atoms with Gasteiger partial charge in [0.2, 0.25) is 0 Å². The number of rotatable bonds is 3. The third-order valence-electron chi connectivity index (χ3n) is 0.891. The van der Waals surface area contributed by atoms with E-state index < -0.39 is 11.9 Å². The molecule has 5 nitrogen and oxygen atoms in total. The van der Waals surface area contributed by atoms with Gasteiger partial charge in [-0.25, -0.2) is 4.79 Å². The first kappa shape index (κ1) is 9.90. The summed E-state index contributed by atoms with van der Waals surface area (Å²) in [6, 6.07) is 0. The molecule has 0 aromatic heterocycles. The Bertz CT molecular complexity index is 147. The van der Waals surface area contributed by atoms with Crippen molar-refractivity contribution in [2.45, 2.75) is 6.92 Å². The zero-order valence-corrected chi connectivity index (χ0v) is 6.42. The molecule has 0 fully saturated rings. The van der Waals surface area contributed by atoms with Crippen molar-refractivity contribution >= 4 is 11.9 Å². The van der Waals surface area contributed by atoms with Gasteiger partial charge in [-0.05, 0) is 6.92 Å². The topological polar surface area (TPSA) is 81.4 Å². The minimum Gasteiger partial charge on any atom is -0.459 e. The fourth-order valence-corrected chi connectivity index (χ4v) is 0.455. The highest BCUT2D eigenvalue weighted by molar-refractivity contribution is 6.32. The molecule has 0 aliphatic heterocycles. The Kier molecular flexibility index (Phi) is 5.10. The van der Waals surface area contributed by atoms with Gasteiger partial charge in [0.25, 0.3) is 0 Å². The molecule has 0 rings (SSSR count). The van der Waals surface area contributed by atoms with Crippen LogP contribution in [0.3, 0.4) is 0 Å². The van der Waals surface area contributed by atoms with Crippen molar-refractivity contribution in [3.05, 3.63) is 0 Å². The van der Waals surface area contributed by atoms with Gasteiger partial charge in [0, 0.05) is 13.1 Å². The van der Waals surface area contributed by atoms with E-state index in [1.807, 2.05) is 0 Å². The Morgan fingerprint density at radius 1 is 1.55 bits per heavy atom. The number of hydrogen-bond donors (Lipinski definition) is 2. The van der Waals surface area contributed by atoms with E-state index in [1.165, 1.54) is 0 Å². The Balaban J connectivity index is 3.56. The summed E-state index contributed by atoms with van der Waals surface area (Å²) in [6.07, 6.45) is 0. The van der Waals surface area contributed by atoms with Crippen LogP contribution in [0.25, 0.3) is 0 Å². The lowest BCUT2D eigenvalue weighted by Crippen LogP contribution is -2.35. The molecule has 0 aliphatic rings. The van der Waals surface area contributed by atoms with Crippen molar-refractivity contribution in [2.24, 2.45) is 5.73 Å². The molecule has 0 spiro atoms. The summed E-state index contributed by atoms with van der Waals surface area (Å²) in [6.45, 7) is 2.44. The van der Waals surface area contributed by atoms with E-state index in [9.17, 15) is 9.59 Å². The minimum atomic E-state index is -0.860. The second kappa shape index (κ2) is 5.67. The van der Waals surface area contributed by atoms with Crippen LogP contribution in [0.2, 0.25) is 0 Å². The number of esters is 1. The molecule has 0 aliphatic carbocycles. The number of amides is 1. The summed E-state index contributed by atoms with van der Waals surface area (Å²) in [5.41, 5.74) is 5.08. The molecule has 11 heavy (non-hydrogen) atoms. The molecule has 0 bridgehead atoms. The zero-order chi connectivity index (χ0) is 8.69. The zero-order valence-electron chi connectivity index (χ0n) is 6.42. The number of carbonyl (C=O) groups excluding carboxylic acids is 2. The lowest BCUT2D eigenvalue weighted by molar-refractivity contribution is -0.154. The summed E-state index contributed by atoms with van der Waals surface area (Å²) in [5.74, 6) is -1.60. The normalized spacial score (nSPS) is 8.91. The van der Waals surface area contributed by atoms with Crippen LogP contribution in [0, 0.1) is 0 Å². The maximum atomic E-state index is 10.7. The van der Waals surface area contributed by atoms with Gasteiger partial charge in [0.05, 0.1) is 6.61 Å². The number of ether oxygens (including phenoxy) is 1. The quantitative estimate of drug-likeness (QED) is 0.394. The molecule has 64 valence electrons. The van der Waals surface area contributed by atoms with Crippen molar-refractivity contribution in [2.75, 3.05) is 19.7 Å². The van der Waals surface area contributed by atoms with E-state index in [-0.39, 0.29) is 13.2 Å². The van der Waals surface area contributed by atoms with Gasteiger partial charge in [-0.1, -0.05) is 0 Å². The van der Waals surface area contributed by atoms with Gasteiger partial charge in [0.15, 0.2) is 0 Å². The van der Waals surface area contributed by atoms with Gasteiger partial charge >= 0.3 is 11.9 Å². The van der Waals surface area contributed by atoms with E-state index in [1.54, 1.807) is 6.92 Å². The maximum Gasteiger partial charge on any atom is 0.396 e. The van der Waals surface area contributed by atoms with E-state index in [4.69, 9.17) is 5.73 Å². The molecule has 0 aromatic carbocycles. The third-order valence-corrected chi connectivity index (χ3v) is 0.891. The van der Waals surface area contributed by atoms with Gasteiger partial charge < -0.3 is 15.8 Å². The Morgan fingerprint density at radius 3 is 2.64 bits per heavy atom. The third kappa shape index (κ3) is 4.32. The SMILES string of the molecule is CCOC(=O)C(=O)NCCN. The summed E-state index contributed by atoms with van der Waals surface area (Å²) in [4.78, 5) is 21.2. The highest BCUT2D eigenvalue weighted by Crippen LogP contribution is 1.76. The lowest BCUT2D eigenvalue weighted by atomic mass is 10.5. The molecule has 0 aromatic rings. The Morgan fingerprint density at radius 2 is 2.18 bits per heavy atom. The first-order valence-corrected chi connectivity index (χ1v) is 3.37. The second-order valence-electron chi connectivity index (χ2n) is 1.77. The van der Waals surface area contributed by atoms with Gasteiger partial charge in [-0.15, -0.1) is 0 Å². The van der Waals surface area contributed by atoms with Crippen LogP contribution >= 0.6 is 0 Å². The first-order valence-electron chi connectivity index (χ1n) is 3.37. The van der Waals surface area contributed by atoms with Crippen molar-refractivity contribution in [1.29, 1.82) is 0 Å². The minimum absolute atomic E-state index is 0.203. The standard InChI is InChI=1S/C6H12N2O3/c1-2-11-6(10)5(9)8-4-3-7/h2-4,7H2,1H3,(H,8,9). The van der Waals surface area contributed by atoms with Crippen LogP contribution in [0.15, 0.2) is 0 Å². The molecule has 5 heteroatoms. The number of carbonyl (C=O) groups is 2. The summed E-state index contributed by atoms with van der Waals surface area (Å²) in [7, 11) is 0. The van der Waals surface area contributed by atoms with Gasteiger partial charge in [0.1, 0.15) is 0 Å². The average Bonchev–Trinajstić information content (AvgIpc) is 2.00. The fourth-order valence-electron chi connectivity index (χ4n) is 0.455. The van der Waals surface area contributed by atoms with E-state index in [2.05, 4.69) is 10.1 Å². The molecule has 0 atom stereocenters. The monoisotopic (exact) mass is 160 g/mol. The number of nitrogens with one attached hydrogen (secondary N) is 1. The molecule has 0 saturated carbocycles. The smallest absolute Gasteiger partial charge is 0.396 e. The van der Waals surface area contributed by atoms with Crippen molar-refractivity contribution in [1.82, 2.24) is 5.32 Å². The van der Waals surface area contributed by atoms with Crippen LogP contribution < -0.4 is 11.1 Å². The van der Waals surface area contributed by atoms with Gasteiger partial charge in [-0.3, -0.25) is 4.79 Å². The Hall–Kier alpha value is -1.10. The molecule has 1 amide bonds. The van der Waals surface area contributed by atoms with Gasteiger partial charge in [-0.2, -0.15) is 0 Å². The molecular weight excluding hydrogens is 148 g/mol. The fraction of sp³-hybridized carbons (Fsp3) is 0.667. The average molecular weight is 160 g/mol. The molecule has 0 saturated heterocycles. The predicted molar refractivity (Wildman–Crippen MR) is 38.7 cm³/mol. The predicted octanol–water partition coefficient (Wildman–Crippen LogP) is -1.38. The molecule has 0 unspecified atom stereocenters. The van der Waals surface area contributed by atoms with Crippen molar-refractivity contribution < 1.29 is 14.3 Å². The second-order valence-corrected chi connectivity index (χ2v) is 1.77. The maximum absolute atomic E-state index is 10.7. The van der Waals surface area contributed by atoms with Crippen LogP contribution in [-0.4, -0.2) is 31.6 Å². The van der Waals surface area contributed by atoms with E-state index >= 15 is 0 Å². The van der Waals surface area contributed by atoms with Crippen LogP contribution in [-0.2, 0) is 14.3 Å². The lowest BCUT2D eigenvalue weighted by Gasteiger charge is -2.01. The van der Waals surface area contributed by atoms with Crippen LogP contribution in [0.5, 0.6) is 0 Å². The molecule has 0 radical (unpaired) electrons. The van der Waals surface area contributed by atoms with Crippen LogP contribution in [0.1, 0.15) is 6.92 Å².